The monoisotopic (exact) mass is 323 g/mol. The van der Waals surface area contributed by atoms with Crippen LogP contribution in [0.25, 0.3) is 0 Å². The number of carbonyl (C=O) groups excluding carboxylic acids is 1. The summed E-state index contributed by atoms with van der Waals surface area (Å²) >= 11 is 0. The van der Waals surface area contributed by atoms with Gasteiger partial charge in [-0.2, -0.15) is 13.2 Å². The third kappa shape index (κ3) is 6.23. The predicted octanol–water partition coefficient (Wildman–Crippen LogP) is 3.50. The van der Waals surface area contributed by atoms with Crippen LogP contribution < -0.4 is 5.32 Å². The Bertz CT molecular complexity index is 377. The molecule has 1 atom stereocenters. The number of alkyl halides is 3. The molecule has 0 bridgehead atoms. The zero-order valence-corrected chi connectivity index (χ0v) is 12.8. The van der Waals surface area contributed by atoms with Crippen molar-refractivity contribution in [3.05, 3.63) is 0 Å². The summed E-state index contributed by atoms with van der Waals surface area (Å²) in [6.07, 6.45) is -1.29. The van der Waals surface area contributed by atoms with Gasteiger partial charge in [-0.3, -0.25) is 4.79 Å². The van der Waals surface area contributed by atoms with E-state index in [0.29, 0.717) is 25.7 Å². The second-order valence-corrected chi connectivity index (χ2v) is 6.06. The number of hydrogen-bond donors (Lipinski definition) is 2. The van der Waals surface area contributed by atoms with Gasteiger partial charge in [0.05, 0.1) is 5.92 Å². The molecule has 22 heavy (non-hydrogen) atoms. The Morgan fingerprint density at radius 2 is 1.82 bits per heavy atom. The zero-order valence-electron chi connectivity index (χ0n) is 12.8. The average Bonchev–Trinajstić information content (AvgIpc) is 2.42. The van der Waals surface area contributed by atoms with Crippen molar-refractivity contribution in [2.75, 3.05) is 0 Å². The number of aliphatic carboxylic acids is 1. The highest BCUT2D eigenvalue weighted by molar-refractivity contribution is 5.83. The number of amides is 1. The minimum absolute atomic E-state index is 0.0552. The first kappa shape index (κ1) is 18.8. The third-order valence-corrected chi connectivity index (χ3v) is 4.26. The van der Waals surface area contributed by atoms with E-state index in [0.717, 1.165) is 6.42 Å². The minimum atomic E-state index is -4.15. The lowest BCUT2D eigenvalue weighted by molar-refractivity contribution is -0.184. The van der Waals surface area contributed by atoms with Gasteiger partial charge >= 0.3 is 12.1 Å². The van der Waals surface area contributed by atoms with Gasteiger partial charge in [0.25, 0.3) is 0 Å². The van der Waals surface area contributed by atoms with E-state index in [1.165, 1.54) is 0 Å². The van der Waals surface area contributed by atoms with Crippen LogP contribution in [0.2, 0.25) is 0 Å². The van der Waals surface area contributed by atoms with E-state index in [-0.39, 0.29) is 31.1 Å². The lowest BCUT2D eigenvalue weighted by Gasteiger charge is -2.29. The van der Waals surface area contributed by atoms with Gasteiger partial charge in [-0.05, 0) is 38.0 Å². The molecule has 128 valence electrons. The van der Waals surface area contributed by atoms with Crippen molar-refractivity contribution in [1.82, 2.24) is 5.32 Å². The topological polar surface area (TPSA) is 66.4 Å². The molecule has 0 aliphatic heterocycles. The quantitative estimate of drug-likeness (QED) is 0.753. The lowest BCUT2D eigenvalue weighted by atomic mass is 9.80. The summed E-state index contributed by atoms with van der Waals surface area (Å²) in [6, 6.07) is -0.904. The van der Waals surface area contributed by atoms with Crippen LogP contribution in [-0.2, 0) is 9.59 Å². The Morgan fingerprint density at radius 3 is 2.27 bits per heavy atom. The van der Waals surface area contributed by atoms with E-state index in [2.05, 4.69) is 5.32 Å². The molecule has 1 amide bonds. The smallest absolute Gasteiger partial charge is 0.391 e. The van der Waals surface area contributed by atoms with Gasteiger partial charge in [0.15, 0.2) is 0 Å². The minimum Gasteiger partial charge on any atom is -0.480 e. The molecule has 1 aliphatic rings. The van der Waals surface area contributed by atoms with Gasteiger partial charge in [0, 0.05) is 6.42 Å². The highest BCUT2D eigenvalue weighted by Crippen LogP contribution is 2.40. The summed E-state index contributed by atoms with van der Waals surface area (Å²) in [5.41, 5.74) is 0. The summed E-state index contributed by atoms with van der Waals surface area (Å²) in [5, 5.41) is 11.5. The van der Waals surface area contributed by atoms with Gasteiger partial charge < -0.3 is 10.4 Å². The van der Waals surface area contributed by atoms with Gasteiger partial charge in [-0.25, -0.2) is 4.79 Å². The number of nitrogens with one attached hydrogen (secondary N) is 1. The van der Waals surface area contributed by atoms with Crippen molar-refractivity contribution in [1.29, 1.82) is 0 Å². The van der Waals surface area contributed by atoms with Crippen LogP contribution in [0.15, 0.2) is 0 Å². The van der Waals surface area contributed by atoms with Crippen LogP contribution in [0.5, 0.6) is 0 Å². The molecular formula is C15H24F3NO3. The predicted molar refractivity (Wildman–Crippen MR) is 75.2 cm³/mol. The fourth-order valence-corrected chi connectivity index (χ4v) is 2.87. The maximum absolute atomic E-state index is 12.6. The van der Waals surface area contributed by atoms with Crippen molar-refractivity contribution >= 4 is 11.9 Å². The van der Waals surface area contributed by atoms with Crippen molar-refractivity contribution < 1.29 is 27.9 Å². The van der Waals surface area contributed by atoms with Gasteiger partial charge in [-0.15, -0.1) is 0 Å². The normalized spacial score (nSPS) is 23.8. The van der Waals surface area contributed by atoms with Crippen molar-refractivity contribution in [3.63, 3.8) is 0 Å². The molecule has 4 nitrogen and oxygen atoms in total. The van der Waals surface area contributed by atoms with Gasteiger partial charge in [0.1, 0.15) is 6.04 Å². The zero-order chi connectivity index (χ0) is 16.8. The molecule has 2 N–H and O–H groups in total. The summed E-state index contributed by atoms with van der Waals surface area (Å²) < 4.78 is 37.7. The molecular weight excluding hydrogens is 299 g/mol. The highest BCUT2D eigenvalue weighted by Gasteiger charge is 2.41. The summed E-state index contributed by atoms with van der Waals surface area (Å²) in [6.45, 7) is 1.93. The van der Waals surface area contributed by atoms with Gasteiger partial charge in [-0.1, -0.05) is 19.8 Å². The number of carbonyl (C=O) groups is 2. The SMILES string of the molecule is CCCC[C@H](NC(=O)CC1CCC(C(F)(F)F)CC1)C(=O)O. The van der Waals surface area contributed by atoms with Crippen LogP contribution in [-0.4, -0.2) is 29.2 Å². The molecule has 0 aromatic rings. The molecule has 0 aromatic heterocycles. The molecule has 0 radical (unpaired) electrons. The molecule has 7 heteroatoms. The van der Waals surface area contributed by atoms with E-state index in [1.54, 1.807) is 0 Å². The third-order valence-electron chi connectivity index (χ3n) is 4.26. The van der Waals surface area contributed by atoms with E-state index in [4.69, 9.17) is 5.11 Å². The second-order valence-electron chi connectivity index (χ2n) is 6.06. The molecule has 0 unspecified atom stereocenters. The Kier molecular flexibility index (Phi) is 7.16. The molecule has 1 saturated carbocycles. The largest absolute Gasteiger partial charge is 0.480 e. The Hall–Kier alpha value is -1.27. The first-order valence-corrected chi connectivity index (χ1v) is 7.82. The van der Waals surface area contributed by atoms with Crippen LogP contribution in [0.1, 0.15) is 58.3 Å². The van der Waals surface area contributed by atoms with Crippen molar-refractivity contribution in [2.24, 2.45) is 11.8 Å². The first-order valence-electron chi connectivity index (χ1n) is 7.82. The summed E-state index contributed by atoms with van der Waals surface area (Å²) in [5.74, 6) is -2.79. The Labute approximate surface area is 128 Å². The van der Waals surface area contributed by atoms with Crippen LogP contribution in [0.4, 0.5) is 13.2 Å². The molecule has 1 aliphatic carbocycles. The lowest BCUT2D eigenvalue weighted by Crippen LogP contribution is -2.41. The molecule has 0 aromatic carbocycles. The number of carboxylic acid groups (broad SMARTS) is 1. The molecule has 1 fully saturated rings. The van der Waals surface area contributed by atoms with Gasteiger partial charge in [0.2, 0.25) is 5.91 Å². The molecule has 0 saturated heterocycles. The second kappa shape index (κ2) is 8.39. The fourth-order valence-electron chi connectivity index (χ4n) is 2.87. The summed E-state index contributed by atoms with van der Waals surface area (Å²) in [4.78, 5) is 22.9. The number of rotatable bonds is 7. The molecule has 0 heterocycles. The summed E-state index contributed by atoms with van der Waals surface area (Å²) in [7, 11) is 0. The maximum atomic E-state index is 12.6. The van der Waals surface area contributed by atoms with Crippen molar-refractivity contribution in [3.8, 4) is 0 Å². The maximum Gasteiger partial charge on any atom is 0.391 e. The Balaban J connectivity index is 2.38. The average molecular weight is 323 g/mol. The number of halogens is 3. The standard InChI is InChI=1S/C15H24F3NO3/c1-2-3-4-12(14(21)22)19-13(20)9-10-5-7-11(8-6-10)15(16,17)18/h10-12H,2-9H2,1H3,(H,19,20)(H,21,22)/t10?,11?,12-/m0/s1. The number of unbranched alkanes of at least 4 members (excludes halogenated alkanes) is 1. The van der Waals surface area contributed by atoms with E-state index in [1.807, 2.05) is 6.92 Å². The van der Waals surface area contributed by atoms with E-state index >= 15 is 0 Å². The van der Waals surface area contributed by atoms with Crippen LogP contribution in [0, 0.1) is 11.8 Å². The molecule has 1 rings (SSSR count). The van der Waals surface area contributed by atoms with E-state index in [9.17, 15) is 22.8 Å². The first-order chi connectivity index (χ1) is 10.2. The number of hydrogen-bond acceptors (Lipinski definition) is 2. The fraction of sp³-hybridized carbons (Fsp3) is 0.867. The van der Waals surface area contributed by atoms with Crippen molar-refractivity contribution in [2.45, 2.75) is 70.5 Å². The number of carboxylic acids is 1. The van der Waals surface area contributed by atoms with E-state index < -0.39 is 24.1 Å². The van der Waals surface area contributed by atoms with Crippen LogP contribution >= 0.6 is 0 Å². The Morgan fingerprint density at radius 1 is 1.23 bits per heavy atom. The van der Waals surface area contributed by atoms with Crippen LogP contribution in [0.3, 0.4) is 0 Å². The highest BCUT2D eigenvalue weighted by atomic mass is 19.4. The molecule has 0 spiro atoms.